The molecular weight excluding hydrogens is 346 g/mol. The highest BCUT2D eigenvalue weighted by Crippen LogP contribution is 2.26. The highest BCUT2D eigenvalue weighted by atomic mass is 16.5. The Balaban J connectivity index is 1.47. The molecule has 4 aromatic heterocycles. The molecule has 5 rings (SSSR count). The van der Waals surface area contributed by atoms with Crippen LogP contribution < -0.4 is 5.32 Å². The van der Waals surface area contributed by atoms with E-state index in [1.165, 1.54) is 0 Å². The smallest absolute Gasteiger partial charge is 0.182 e. The van der Waals surface area contributed by atoms with Gasteiger partial charge >= 0.3 is 0 Å². The fourth-order valence-corrected chi connectivity index (χ4v) is 3.27. The first-order valence-electron chi connectivity index (χ1n) is 8.86. The Morgan fingerprint density at radius 3 is 2.93 bits per heavy atom. The lowest BCUT2D eigenvalue weighted by Crippen LogP contribution is -2.19. The lowest BCUT2D eigenvalue weighted by atomic mass is 10.1. The van der Waals surface area contributed by atoms with Crippen LogP contribution in [0.25, 0.3) is 22.6 Å². The van der Waals surface area contributed by atoms with E-state index in [1.54, 1.807) is 17.1 Å². The average molecular weight is 365 g/mol. The summed E-state index contributed by atoms with van der Waals surface area (Å²) in [5, 5.41) is 19.3. The van der Waals surface area contributed by atoms with E-state index in [2.05, 4.69) is 35.7 Å². The number of ether oxygens (including phenoxy) is 1. The van der Waals surface area contributed by atoms with Gasteiger partial charge in [-0.15, -0.1) is 0 Å². The summed E-state index contributed by atoms with van der Waals surface area (Å²) in [6, 6.07) is 2.25. The van der Waals surface area contributed by atoms with Crippen molar-refractivity contribution < 1.29 is 4.74 Å². The summed E-state index contributed by atoms with van der Waals surface area (Å²) >= 11 is 0. The molecule has 0 aliphatic carbocycles. The van der Waals surface area contributed by atoms with Crippen molar-refractivity contribution in [1.82, 2.24) is 39.7 Å². The molecule has 0 bridgehead atoms. The van der Waals surface area contributed by atoms with Crippen molar-refractivity contribution in [2.75, 3.05) is 18.5 Å². The fourth-order valence-electron chi connectivity index (χ4n) is 3.27. The molecule has 1 aliphatic rings. The number of H-pyrrole nitrogens is 1. The van der Waals surface area contributed by atoms with Gasteiger partial charge in [-0.2, -0.15) is 15.3 Å². The minimum absolute atomic E-state index is 0.371. The number of rotatable bonds is 4. The van der Waals surface area contributed by atoms with Crippen LogP contribution in [0, 0.1) is 0 Å². The number of anilines is 2. The summed E-state index contributed by atoms with van der Waals surface area (Å²) < 4.78 is 9.15. The number of hydrogen-bond acceptors (Lipinski definition) is 7. The maximum Gasteiger partial charge on any atom is 0.182 e. The van der Waals surface area contributed by atoms with Crippen LogP contribution in [-0.2, 0) is 11.8 Å². The van der Waals surface area contributed by atoms with Gasteiger partial charge in [-0.05, 0) is 18.9 Å². The maximum atomic E-state index is 5.43. The van der Waals surface area contributed by atoms with Crippen LogP contribution in [0.1, 0.15) is 18.9 Å². The molecule has 0 amide bonds. The van der Waals surface area contributed by atoms with Crippen LogP contribution in [0.15, 0.2) is 30.9 Å². The minimum Gasteiger partial charge on any atom is -0.381 e. The molecular formula is C17H19N9O. The zero-order valence-electron chi connectivity index (χ0n) is 14.8. The van der Waals surface area contributed by atoms with Crippen molar-refractivity contribution in [3.63, 3.8) is 0 Å². The molecule has 1 fully saturated rings. The van der Waals surface area contributed by atoms with Gasteiger partial charge in [0.05, 0.1) is 24.1 Å². The Kier molecular flexibility index (Phi) is 3.82. The van der Waals surface area contributed by atoms with Crippen molar-refractivity contribution in [1.29, 1.82) is 0 Å². The molecule has 10 nitrogen and oxygen atoms in total. The van der Waals surface area contributed by atoms with Crippen molar-refractivity contribution >= 4 is 22.5 Å². The molecule has 5 heterocycles. The van der Waals surface area contributed by atoms with E-state index in [9.17, 15) is 0 Å². The molecule has 1 aliphatic heterocycles. The zero-order valence-corrected chi connectivity index (χ0v) is 14.8. The number of fused-ring (bicyclic) bond motifs is 1. The summed E-state index contributed by atoms with van der Waals surface area (Å²) in [5.74, 6) is 1.19. The molecule has 1 saturated heterocycles. The predicted octanol–water partition coefficient (Wildman–Crippen LogP) is 2.04. The Morgan fingerprint density at radius 1 is 1.22 bits per heavy atom. The number of hydrogen-bond donors (Lipinski definition) is 2. The summed E-state index contributed by atoms with van der Waals surface area (Å²) in [6.45, 7) is 1.56. The molecule has 138 valence electrons. The third kappa shape index (κ3) is 3.04. The second-order valence-electron chi connectivity index (χ2n) is 6.58. The molecule has 0 aromatic carbocycles. The van der Waals surface area contributed by atoms with Crippen molar-refractivity contribution in [3.8, 4) is 11.5 Å². The molecule has 2 N–H and O–H groups in total. The van der Waals surface area contributed by atoms with Gasteiger partial charge in [0.2, 0.25) is 0 Å². The number of aromatic nitrogens is 8. The highest BCUT2D eigenvalue weighted by Gasteiger charge is 2.18. The van der Waals surface area contributed by atoms with Crippen LogP contribution in [-0.4, -0.2) is 52.9 Å². The molecule has 10 heteroatoms. The number of nitrogens with zero attached hydrogens (tertiary/aromatic N) is 7. The third-order valence-corrected chi connectivity index (χ3v) is 4.67. The Bertz CT molecular complexity index is 1070. The summed E-state index contributed by atoms with van der Waals surface area (Å²) in [4.78, 5) is 9.19. The average Bonchev–Trinajstić information content (AvgIpc) is 3.43. The molecule has 0 radical (unpaired) electrons. The molecule has 0 unspecified atom stereocenters. The van der Waals surface area contributed by atoms with E-state index < -0.39 is 0 Å². The predicted molar refractivity (Wildman–Crippen MR) is 98.5 cm³/mol. The van der Waals surface area contributed by atoms with Gasteiger partial charge in [-0.3, -0.25) is 14.5 Å². The number of aryl methyl sites for hydroxylation is 1. The van der Waals surface area contributed by atoms with Crippen molar-refractivity contribution in [3.05, 3.63) is 30.9 Å². The monoisotopic (exact) mass is 365 g/mol. The first-order chi connectivity index (χ1) is 13.3. The fraction of sp³-hybridized carbons (Fsp3) is 0.353. The topological polar surface area (TPSA) is 111 Å². The van der Waals surface area contributed by atoms with Crippen molar-refractivity contribution in [2.24, 2.45) is 7.05 Å². The summed E-state index contributed by atoms with van der Waals surface area (Å²) in [6.07, 6.45) is 9.30. The van der Waals surface area contributed by atoms with Crippen LogP contribution in [0.3, 0.4) is 0 Å². The van der Waals surface area contributed by atoms with Gasteiger partial charge < -0.3 is 10.1 Å². The van der Waals surface area contributed by atoms with Gasteiger partial charge in [-0.25, -0.2) is 9.97 Å². The molecule has 0 atom stereocenters. The number of aromatic amines is 1. The lowest BCUT2D eigenvalue weighted by molar-refractivity contribution is 0.0662. The standard InChI is InChI=1S/C17H19N9O/c1-25-5-2-13(24-25)16-21-14-9-18-23-15(14)17(22-16)20-11-8-19-26(10-11)12-3-6-27-7-4-12/h2,5,8-10,12H,3-4,6-7H2,1H3,(H,18,23)(H,20,21,22). The Hall–Kier alpha value is -3.27. The summed E-state index contributed by atoms with van der Waals surface area (Å²) in [5.41, 5.74) is 3.04. The third-order valence-electron chi connectivity index (χ3n) is 4.67. The van der Waals surface area contributed by atoms with E-state index in [4.69, 9.17) is 4.74 Å². The van der Waals surface area contributed by atoms with Gasteiger partial charge in [0.15, 0.2) is 11.6 Å². The van der Waals surface area contributed by atoms with Crippen LogP contribution in [0.2, 0.25) is 0 Å². The van der Waals surface area contributed by atoms with Crippen molar-refractivity contribution in [2.45, 2.75) is 18.9 Å². The number of nitrogens with one attached hydrogen (secondary N) is 2. The first-order valence-corrected chi connectivity index (χ1v) is 8.86. The Labute approximate surface area is 154 Å². The first kappa shape index (κ1) is 15.9. The molecule has 27 heavy (non-hydrogen) atoms. The van der Waals surface area contributed by atoms with Gasteiger partial charge in [0.25, 0.3) is 0 Å². The Morgan fingerprint density at radius 2 is 2.11 bits per heavy atom. The molecule has 0 saturated carbocycles. The quantitative estimate of drug-likeness (QED) is 0.569. The van der Waals surface area contributed by atoms with Crippen LogP contribution in [0.4, 0.5) is 11.5 Å². The van der Waals surface area contributed by atoms with Gasteiger partial charge in [0.1, 0.15) is 16.7 Å². The van der Waals surface area contributed by atoms with E-state index in [0.717, 1.165) is 42.8 Å². The maximum absolute atomic E-state index is 5.43. The van der Waals surface area contributed by atoms with E-state index in [0.29, 0.717) is 23.4 Å². The second kappa shape index (κ2) is 6.47. The normalized spacial score (nSPS) is 15.4. The van der Waals surface area contributed by atoms with E-state index in [-0.39, 0.29) is 0 Å². The zero-order chi connectivity index (χ0) is 18.2. The lowest BCUT2D eigenvalue weighted by Gasteiger charge is -2.22. The summed E-state index contributed by atoms with van der Waals surface area (Å²) in [7, 11) is 1.86. The largest absolute Gasteiger partial charge is 0.381 e. The second-order valence-corrected chi connectivity index (χ2v) is 6.58. The van der Waals surface area contributed by atoms with Gasteiger partial charge in [0, 0.05) is 32.7 Å². The van der Waals surface area contributed by atoms with Crippen LogP contribution in [0.5, 0.6) is 0 Å². The van der Waals surface area contributed by atoms with Crippen LogP contribution >= 0.6 is 0 Å². The van der Waals surface area contributed by atoms with Gasteiger partial charge in [-0.1, -0.05) is 0 Å². The molecule has 4 aromatic rings. The van der Waals surface area contributed by atoms with E-state index >= 15 is 0 Å². The highest BCUT2D eigenvalue weighted by molar-refractivity contribution is 5.88. The van der Waals surface area contributed by atoms with E-state index in [1.807, 2.05) is 30.2 Å². The molecule has 0 spiro atoms. The minimum atomic E-state index is 0.371. The SMILES string of the molecule is Cn1ccc(-c2nc(Nc3cnn(C4CCOCC4)c3)c3[nH]ncc3n2)n1.